The molecule has 1 fully saturated rings. The van der Waals surface area contributed by atoms with E-state index in [0.29, 0.717) is 18.7 Å². The van der Waals surface area contributed by atoms with Crippen LogP contribution in [-0.2, 0) is 19.7 Å². The molecule has 2 amide bonds. The summed E-state index contributed by atoms with van der Waals surface area (Å²) in [5.41, 5.74) is 1.61. The van der Waals surface area contributed by atoms with Crippen molar-refractivity contribution in [3.05, 3.63) is 35.4 Å². The summed E-state index contributed by atoms with van der Waals surface area (Å²) in [5, 5.41) is 2.64. The number of hydrogen-bond donors (Lipinski definition) is 1. The van der Waals surface area contributed by atoms with Crippen LogP contribution in [0.15, 0.2) is 24.3 Å². The molecular weight excluding hydrogens is 368 g/mol. The maximum absolute atomic E-state index is 12.4. The Morgan fingerprint density at radius 2 is 1.55 bits per heavy atom. The fraction of sp³-hybridized carbons (Fsp3) is 0.609. The zero-order valence-corrected chi connectivity index (χ0v) is 18.1. The lowest BCUT2D eigenvalue weighted by atomic mass is 9.86. The van der Waals surface area contributed by atoms with Gasteiger partial charge in [-0.2, -0.15) is 0 Å². The van der Waals surface area contributed by atoms with Crippen LogP contribution in [-0.4, -0.2) is 48.4 Å². The van der Waals surface area contributed by atoms with E-state index in [4.69, 9.17) is 4.74 Å². The maximum atomic E-state index is 12.4. The molecule has 6 nitrogen and oxygen atoms in total. The summed E-state index contributed by atoms with van der Waals surface area (Å²) in [7, 11) is 0. The van der Waals surface area contributed by atoms with Crippen molar-refractivity contribution < 1.29 is 19.1 Å². The number of carbonyl (C=O) groups is 3. The molecule has 1 saturated heterocycles. The second-order valence-corrected chi connectivity index (χ2v) is 8.78. The molecule has 1 aromatic carbocycles. The van der Waals surface area contributed by atoms with Gasteiger partial charge in [-0.15, -0.1) is 0 Å². The minimum absolute atomic E-state index is 0.00510. The molecular formula is C23H34N2O4. The molecule has 1 atom stereocenters. The number of rotatable bonds is 5. The van der Waals surface area contributed by atoms with Crippen LogP contribution in [0.4, 0.5) is 0 Å². The van der Waals surface area contributed by atoms with E-state index < -0.39 is 12.0 Å². The van der Waals surface area contributed by atoms with Crippen LogP contribution >= 0.6 is 0 Å². The Balaban J connectivity index is 1.81. The van der Waals surface area contributed by atoms with Crippen LogP contribution in [0.1, 0.15) is 75.7 Å². The van der Waals surface area contributed by atoms with E-state index in [1.165, 1.54) is 6.42 Å². The quantitative estimate of drug-likeness (QED) is 0.766. The minimum Gasteiger partial charge on any atom is -0.454 e. The van der Waals surface area contributed by atoms with Crippen LogP contribution < -0.4 is 5.32 Å². The second-order valence-electron chi connectivity index (χ2n) is 8.78. The highest BCUT2D eigenvalue weighted by Crippen LogP contribution is 2.22. The van der Waals surface area contributed by atoms with Crippen LogP contribution in [0.3, 0.4) is 0 Å². The number of esters is 1. The van der Waals surface area contributed by atoms with Crippen molar-refractivity contribution >= 4 is 17.8 Å². The first kappa shape index (κ1) is 22.9. The van der Waals surface area contributed by atoms with Gasteiger partial charge in [-0.1, -0.05) is 52.2 Å². The fourth-order valence-electron chi connectivity index (χ4n) is 3.31. The molecule has 1 aliphatic heterocycles. The molecule has 0 unspecified atom stereocenters. The van der Waals surface area contributed by atoms with Gasteiger partial charge in [-0.05, 0) is 42.9 Å². The van der Waals surface area contributed by atoms with Crippen LogP contribution in [0.25, 0.3) is 0 Å². The number of likely N-dealkylation sites (tertiary alicyclic amines) is 1. The number of ether oxygens (including phenoxy) is 1. The first-order valence-corrected chi connectivity index (χ1v) is 10.5. The van der Waals surface area contributed by atoms with Gasteiger partial charge in [0, 0.05) is 18.7 Å². The van der Waals surface area contributed by atoms with Crippen molar-refractivity contribution in [2.24, 2.45) is 0 Å². The molecule has 1 heterocycles. The van der Waals surface area contributed by atoms with Crippen molar-refractivity contribution in [2.75, 3.05) is 19.7 Å². The van der Waals surface area contributed by atoms with E-state index in [1.807, 2.05) is 12.1 Å². The minimum atomic E-state index is -0.829. The Bertz CT molecular complexity index is 699. The maximum Gasteiger partial charge on any atom is 0.328 e. The lowest BCUT2D eigenvalue weighted by Gasteiger charge is -2.24. The predicted octanol–water partition coefficient (Wildman–Crippen LogP) is 3.44. The van der Waals surface area contributed by atoms with E-state index in [2.05, 4.69) is 26.1 Å². The average molecular weight is 403 g/mol. The van der Waals surface area contributed by atoms with E-state index in [1.54, 1.807) is 24.0 Å². The molecule has 2 rings (SSSR count). The summed E-state index contributed by atoms with van der Waals surface area (Å²) in [6.07, 6.45) is 5.44. The SMILES string of the molecule is C[C@H](NC(=O)c1ccc(C(C)(C)C)cc1)C(=O)OCC(=O)N1CCCCCCC1. The van der Waals surface area contributed by atoms with Gasteiger partial charge in [0.25, 0.3) is 11.8 Å². The van der Waals surface area contributed by atoms with Crippen LogP contribution in [0, 0.1) is 0 Å². The van der Waals surface area contributed by atoms with Gasteiger partial charge < -0.3 is 15.0 Å². The molecule has 0 bridgehead atoms. The van der Waals surface area contributed by atoms with Crippen molar-refractivity contribution in [3.8, 4) is 0 Å². The lowest BCUT2D eigenvalue weighted by Crippen LogP contribution is -2.42. The number of nitrogens with zero attached hydrogens (tertiary/aromatic N) is 1. The third-order valence-corrected chi connectivity index (χ3v) is 5.26. The first-order chi connectivity index (χ1) is 13.7. The Morgan fingerprint density at radius 1 is 1.00 bits per heavy atom. The molecule has 0 saturated carbocycles. The molecule has 29 heavy (non-hydrogen) atoms. The molecule has 1 N–H and O–H groups in total. The Hall–Kier alpha value is -2.37. The number of benzene rings is 1. The highest BCUT2D eigenvalue weighted by molar-refractivity contribution is 5.96. The average Bonchev–Trinajstić information content (AvgIpc) is 2.64. The van der Waals surface area contributed by atoms with E-state index in [0.717, 1.165) is 31.2 Å². The Kier molecular flexibility index (Phi) is 8.23. The Morgan fingerprint density at radius 3 is 2.10 bits per heavy atom. The number of hydrogen-bond acceptors (Lipinski definition) is 4. The summed E-state index contributed by atoms with van der Waals surface area (Å²) in [6, 6.07) is 6.50. The summed E-state index contributed by atoms with van der Waals surface area (Å²) in [6.45, 7) is 9.03. The van der Waals surface area contributed by atoms with E-state index in [-0.39, 0.29) is 23.8 Å². The summed E-state index contributed by atoms with van der Waals surface area (Å²) < 4.78 is 5.15. The van der Waals surface area contributed by atoms with Gasteiger partial charge in [0.2, 0.25) is 0 Å². The largest absolute Gasteiger partial charge is 0.454 e. The third kappa shape index (κ3) is 7.18. The summed E-state index contributed by atoms with van der Waals surface area (Å²) >= 11 is 0. The summed E-state index contributed by atoms with van der Waals surface area (Å²) in [5.74, 6) is -1.12. The molecule has 160 valence electrons. The monoisotopic (exact) mass is 402 g/mol. The van der Waals surface area contributed by atoms with E-state index >= 15 is 0 Å². The highest BCUT2D eigenvalue weighted by atomic mass is 16.5. The summed E-state index contributed by atoms with van der Waals surface area (Å²) in [4.78, 5) is 38.7. The number of amides is 2. The van der Waals surface area contributed by atoms with Gasteiger partial charge in [0.1, 0.15) is 6.04 Å². The van der Waals surface area contributed by atoms with Crippen molar-refractivity contribution in [1.29, 1.82) is 0 Å². The molecule has 6 heteroatoms. The fourth-order valence-corrected chi connectivity index (χ4v) is 3.31. The normalized spacial score (nSPS) is 16.3. The van der Waals surface area contributed by atoms with Gasteiger partial charge in [-0.25, -0.2) is 4.79 Å². The molecule has 1 aliphatic rings. The molecule has 0 aliphatic carbocycles. The molecule has 1 aromatic rings. The standard InChI is InChI=1S/C23H34N2O4/c1-17(24-21(27)18-10-12-19(13-11-18)23(2,3)4)22(28)29-16-20(26)25-14-8-6-5-7-9-15-25/h10-13,17H,5-9,14-16H2,1-4H3,(H,24,27)/t17-/m0/s1. The van der Waals surface area contributed by atoms with Gasteiger partial charge in [0.15, 0.2) is 6.61 Å². The topological polar surface area (TPSA) is 75.7 Å². The molecule has 0 radical (unpaired) electrons. The van der Waals surface area contributed by atoms with Crippen molar-refractivity contribution in [3.63, 3.8) is 0 Å². The third-order valence-electron chi connectivity index (χ3n) is 5.26. The Labute approximate surface area is 174 Å². The van der Waals surface area contributed by atoms with Crippen LogP contribution in [0.5, 0.6) is 0 Å². The lowest BCUT2D eigenvalue weighted by molar-refractivity contribution is -0.153. The van der Waals surface area contributed by atoms with Crippen molar-refractivity contribution in [2.45, 2.75) is 71.3 Å². The zero-order valence-electron chi connectivity index (χ0n) is 18.1. The van der Waals surface area contributed by atoms with Gasteiger partial charge in [-0.3, -0.25) is 9.59 Å². The number of carbonyl (C=O) groups excluding carboxylic acids is 3. The second kappa shape index (κ2) is 10.4. The molecule has 0 spiro atoms. The smallest absolute Gasteiger partial charge is 0.328 e. The van der Waals surface area contributed by atoms with Gasteiger partial charge >= 0.3 is 5.97 Å². The number of nitrogens with one attached hydrogen (secondary N) is 1. The van der Waals surface area contributed by atoms with Gasteiger partial charge in [0.05, 0.1) is 0 Å². The predicted molar refractivity (Wildman–Crippen MR) is 113 cm³/mol. The van der Waals surface area contributed by atoms with Crippen molar-refractivity contribution in [1.82, 2.24) is 10.2 Å². The highest BCUT2D eigenvalue weighted by Gasteiger charge is 2.22. The first-order valence-electron chi connectivity index (χ1n) is 10.5. The zero-order chi connectivity index (χ0) is 21.4. The van der Waals surface area contributed by atoms with E-state index in [9.17, 15) is 14.4 Å². The van der Waals surface area contributed by atoms with Crippen LogP contribution in [0.2, 0.25) is 0 Å². The molecule has 0 aromatic heterocycles.